The maximum Gasteiger partial charge on any atom is 0.329 e. The van der Waals surface area contributed by atoms with E-state index in [0.29, 0.717) is 19.3 Å². The van der Waals surface area contributed by atoms with Crippen LogP contribution in [0, 0.1) is 47.3 Å². The van der Waals surface area contributed by atoms with Crippen LogP contribution in [0.25, 0.3) is 0 Å². The molecule has 20 heteroatoms. The quantitative estimate of drug-likeness (QED) is 0.0833. The van der Waals surface area contributed by atoms with Crippen molar-refractivity contribution in [3.63, 3.8) is 0 Å². The fourth-order valence-corrected chi connectivity index (χ4v) is 10.1. The molecule has 2 aliphatic heterocycles. The third kappa shape index (κ3) is 24.6. The van der Waals surface area contributed by atoms with Crippen LogP contribution in [-0.4, -0.2) is 132 Å². The average Bonchev–Trinajstić information content (AvgIpc) is 3.72. The molecule has 0 aliphatic carbocycles. The molecule has 2 fully saturated rings. The number of nitrogens with one attached hydrogen (secondary N) is 7. The predicted molar refractivity (Wildman–Crippen MR) is 327 cm³/mol. The van der Waals surface area contributed by atoms with Crippen molar-refractivity contribution in [1.82, 2.24) is 42.1 Å². The molecule has 2 aromatic rings. The summed E-state index contributed by atoms with van der Waals surface area (Å²) in [5.74, 6) is -6.14. The first-order valence-corrected chi connectivity index (χ1v) is 30.7. The zero-order valence-corrected chi connectivity index (χ0v) is 53.7. The van der Waals surface area contributed by atoms with Crippen molar-refractivity contribution in [2.24, 2.45) is 47.3 Å². The number of ether oxygens (including phenoxy) is 2. The summed E-state index contributed by atoms with van der Waals surface area (Å²) in [5.41, 5.74) is 1.61. The summed E-state index contributed by atoms with van der Waals surface area (Å²) in [6.45, 7) is 30.3. The van der Waals surface area contributed by atoms with Crippen LogP contribution in [0.1, 0.15) is 160 Å². The number of hydrogen-bond acceptors (Lipinski definition) is 12. The van der Waals surface area contributed by atoms with Crippen molar-refractivity contribution in [3.8, 4) is 0 Å². The Hall–Kier alpha value is -6.86. The van der Waals surface area contributed by atoms with Gasteiger partial charge in [0.25, 0.3) is 11.8 Å². The number of esters is 2. The highest BCUT2D eigenvalue weighted by molar-refractivity contribution is 5.98. The highest BCUT2D eigenvalue weighted by Crippen LogP contribution is 2.21. The van der Waals surface area contributed by atoms with Gasteiger partial charge in [0.1, 0.15) is 48.3 Å². The van der Waals surface area contributed by atoms with E-state index in [1.54, 1.807) is 13.8 Å². The molecule has 2 aliphatic rings. The van der Waals surface area contributed by atoms with Gasteiger partial charge in [-0.2, -0.15) is 0 Å². The molecule has 8 amide bonds. The predicted octanol–water partition coefficient (Wildman–Crippen LogP) is 6.12. The highest BCUT2D eigenvalue weighted by Gasteiger charge is 2.41. The summed E-state index contributed by atoms with van der Waals surface area (Å²) >= 11 is 0. The van der Waals surface area contributed by atoms with E-state index in [4.69, 9.17) is 9.47 Å². The Kier molecular flexibility index (Phi) is 29.8. The zero-order valence-electron chi connectivity index (χ0n) is 53.7. The number of likely N-dealkylation sites (N-methyl/N-ethyl adjacent to an activating group) is 1. The monoisotopic (exact) mass is 1190 g/mol. The number of carbonyl (C=O) groups is 10. The standard InChI is InChI=1S/C33H52N4O6.C32H50N4O6/c1-19(2)15-24-29(38)35-25(18-23-13-11-10-12-14-23)33(42)43-27(17-21(5)6)32(41)37(9)26(16-20(3)4)30(39)36-28(22(7)8)31(40)34-24;1-18(2)14-23-29(38)36-27(21(7)8)31(40)34-24(17-22-12-10-9-11-13-22)28(37)35-25(15-19(3)4)32(41)42-26(16-20(5)6)30(39)33-23/h10-14,19-22,24-28H,15-18H2,1-9H3,(H,34,40)(H,35,38)(H,36,39);9-13,18-21,23-27H,14-17H2,1-8H3,(H,33,39)(H,34,40)(H,35,37)(H,36,38)/t24-,25-,26-,27?,28-;23-,24-,25-,26?,27-/m00/s1. The largest absolute Gasteiger partial charge is 0.451 e. The second kappa shape index (κ2) is 34.9. The van der Waals surface area contributed by atoms with Crippen molar-refractivity contribution in [3.05, 3.63) is 71.8 Å². The normalized spacial score (nSPS) is 24.9. The Morgan fingerprint density at radius 2 is 0.682 bits per heavy atom. The molecule has 10 atom stereocenters. The van der Waals surface area contributed by atoms with E-state index < -0.39 is 120 Å². The Morgan fingerprint density at radius 1 is 0.353 bits per heavy atom. The molecule has 85 heavy (non-hydrogen) atoms. The van der Waals surface area contributed by atoms with Crippen molar-refractivity contribution in [2.45, 2.75) is 223 Å². The number of hydrogen-bond donors (Lipinski definition) is 7. The third-order valence-electron chi connectivity index (χ3n) is 14.5. The van der Waals surface area contributed by atoms with Gasteiger partial charge >= 0.3 is 11.9 Å². The average molecular weight is 1190 g/mol. The van der Waals surface area contributed by atoms with Crippen LogP contribution >= 0.6 is 0 Å². The van der Waals surface area contributed by atoms with Gasteiger partial charge < -0.3 is 51.6 Å². The second-order valence-electron chi connectivity index (χ2n) is 26.2. The van der Waals surface area contributed by atoms with E-state index in [-0.39, 0.29) is 79.4 Å². The smallest absolute Gasteiger partial charge is 0.329 e. The summed E-state index contributed by atoms with van der Waals surface area (Å²) in [6, 6.07) is 10.6. The van der Waals surface area contributed by atoms with Gasteiger partial charge in [-0.25, -0.2) is 9.59 Å². The minimum absolute atomic E-state index is 0.000613. The highest BCUT2D eigenvalue weighted by atomic mass is 16.6. The topological polar surface area (TPSA) is 277 Å². The maximum absolute atomic E-state index is 13.9. The van der Waals surface area contributed by atoms with Crippen molar-refractivity contribution >= 4 is 59.2 Å². The first kappa shape index (κ1) is 72.4. The number of cyclic esters (lactones) is 2. The van der Waals surface area contributed by atoms with Crippen LogP contribution in [0.2, 0.25) is 0 Å². The van der Waals surface area contributed by atoms with E-state index in [1.807, 2.05) is 158 Å². The molecular formula is C65H102N8O12. The summed E-state index contributed by atoms with van der Waals surface area (Å²) in [5, 5.41) is 19.7. The van der Waals surface area contributed by atoms with Crippen LogP contribution in [0.5, 0.6) is 0 Å². The van der Waals surface area contributed by atoms with Crippen molar-refractivity contribution < 1.29 is 57.4 Å². The summed E-state index contributed by atoms with van der Waals surface area (Å²) < 4.78 is 11.6. The zero-order chi connectivity index (χ0) is 64.0. The van der Waals surface area contributed by atoms with Gasteiger partial charge in [0, 0.05) is 19.9 Å². The molecule has 20 nitrogen and oxygen atoms in total. The van der Waals surface area contributed by atoms with Crippen LogP contribution in [-0.2, 0) is 70.3 Å². The van der Waals surface area contributed by atoms with E-state index in [9.17, 15) is 47.9 Å². The molecule has 4 rings (SSSR count). The summed E-state index contributed by atoms with van der Waals surface area (Å²) in [7, 11) is 1.53. The lowest BCUT2D eigenvalue weighted by Crippen LogP contribution is -2.59. The molecule has 474 valence electrons. The van der Waals surface area contributed by atoms with Gasteiger partial charge in [-0.05, 0) is 97.0 Å². The number of benzene rings is 2. The summed E-state index contributed by atoms with van der Waals surface area (Å²) in [4.78, 5) is 138. The van der Waals surface area contributed by atoms with E-state index in [2.05, 4.69) is 37.2 Å². The van der Waals surface area contributed by atoms with Crippen LogP contribution in [0.4, 0.5) is 0 Å². The van der Waals surface area contributed by atoms with E-state index in [0.717, 1.165) is 11.1 Å². The lowest BCUT2D eigenvalue weighted by atomic mass is 9.97. The molecule has 0 radical (unpaired) electrons. The number of rotatable bonds is 18. The molecular weight excluding hydrogens is 1080 g/mol. The van der Waals surface area contributed by atoms with Gasteiger partial charge in [-0.15, -0.1) is 0 Å². The Balaban J connectivity index is 0.000000445. The van der Waals surface area contributed by atoms with Crippen molar-refractivity contribution in [1.29, 1.82) is 0 Å². The molecule has 2 aromatic carbocycles. The molecule has 0 spiro atoms. The molecule has 2 unspecified atom stereocenters. The van der Waals surface area contributed by atoms with Gasteiger partial charge in [-0.1, -0.05) is 171 Å². The minimum atomic E-state index is -1.16. The minimum Gasteiger partial charge on any atom is -0.451 e. The van der Waals surface area contributed by atoms with E-state index in [1.165, 1.54) is 11.9 Å². The Bertz CT molecular complexity index is 2520. The fraction of sp³-hybridized carbons (Fsp3) is 0.662. The first-order chi connectivity index (χ1) is 39.8. The first-order valence-electron chi connectivity index (χ1n) is 30.7. The second-order valence-corrected chi connectivity index (χ2v) is 26.2. The Morgan fingerprint density at radius 3 is 1.13 bits per heavy atom. The van der Waals surface area contributed by atoms with Crippen LogP contribution < -0.4 is 37.2 Å². The molecule has 7 N–H and O–H groups in total. The van der Waals surface area contributed by atoms with Crippen LogP contribution in [0.15, 0.2) is 60.7 Å². The number of amides is 8. The number of carbonyl (C=O) groups excluding carboxylic acids is 10. The van der Waals surface area contributed by atoms with Crippen LogP contribution in [0.3, 0.4) is 0 Å². The van der Waals surface area contributed by atoms with Gasteiger partial charge in [0.05, 0.1) is 0 Å². The third-order valence-corrected chi connectivity index (χ3v) is 14.5. The van der Waals surface area contributed by atoms with Gasteiger partial charge in [0.15, 0.2) is 12.2 Å². The lowest BCUT2D eigenvalue weighted by molar-refractivity contribution is -0.164. The van der Waals surface area contributed by atoms with Gasteiger partial charge in [-0.3, -0.25) is 38.4 Å². The molecule has 0 saturated carbocycles. The van der Waals surface area contributed by atoms with Gasteiger partial charge in [0.2, 0.25) is 35.4 Å². The lowest BCUT2D eigenvalue weighted by Gasteiger charge is -2.33. The maximum atomic E-state index is 13.9. The van der Waals surface area contributed by atoms with E-state index >= 15 is 0 Å². The molecule has 0 aromatic heterocycles. The molecule has 2 saturated heterocycles. The fourth-order valence-electron chi connectivity index (χ4n) is 10.1. The molecule has 2 heterocycles. The SMILES string of the molecule is CC(C)CC1OC(=O)[C@H](CC(C)C)NC(=O)[C@H](Cc2ccccc2)NC(=O)[C@H](C(C)C)NC(=O)[C@H](CC(C)C)NC1=O.CC(C)CC1OC(=O)[C@H](Cc2ccccc2)NC(=O)[C@H](CC(C)C)NC(=O)[C@H](C(C)C)NC(=O)[C@H](CC(C)C)N(C)C1=O. The molecule has 0 bridgehead atoms. The summed E-state index contributed by atoms with van der Waals surface area (Å²) in [6.07, 6.45) is -0.279. The number of nitrogens with zero attached hydrogens (tertiary/aromatic N) is 1. The Labute approximate surface area is 505 Å². The van der Waals surface area contributed by atoms with Crippen molar-refractivity contribution in [2.75, 3.05) is 7.05 Å².